The summed E-state index contributed by atoms with van der Waals surface area (Å²) in [5.74, 6) is -0.0564. The van der Waals surface area contributed by atoms with E-state index in [2.05, 4.69) is 54.8 Å². The number of carbonyl (C=O) groups is 1. The van der Waals surface area contributed by atoms with Crippen molar-refractivity contribution in [1.29, 1.82) is 0 Å². The standard InChI is InChI=1S/C22H26N2O/c1-3-14-24-19-13-9-8-12-18(19)20(21(24)22(23)25)17(4-2)15-16-10-6-5-7-11-16/h5-13,17H,3-4,14-15H2,1-2H3,(H2,23,25). The predicted octanol–water partition coefficient (Wildman–Crippen LogP) is 4.89. The maximum atomic E-state index is 12.4. The van der Waals surface area contributed by atoms with E-state index < -0.39 is 0 Å². The van der Waals surface area contributed by atoms with Crippen molar-refractivity contribution < 1.29 is 4.79 Å². The lowest BCUT2D eigenvalue weighted by atomic mass is 9.87. The molecule has 0 bridgehead atoms. The van der Waals surface area contributed by atoms with Crippen molar-refractivity contribution in [2.24, 2.45) is 5.73 Å². The zero-order chi connectivity index (χ0) is 17.8. The number of nitrogens with two attached hydrogens (primary N) is 1. The molecular weight excluding hydrogens is 308 g/mol. The van der Waals surface area contributed by atoms with E-state index in [1.54, 1.807) is 0 Å². The molecule has 1 heterocycles. The number of benzene rings is 2. The first-order chi connectivity index (χ1) is 12.2. The summed E-state index contributed by atoms with van der Waals surface area (Å²) in [6.07, 6.45) is 2.85. The molecule has 1 atom stereocenters. The fourth-order valence-corrected chi connectivity index (χ4v) is 3.81. The fraction of sp³-hybridized carbons (Fsp3) is 0.318. The van der Waals surface area contributed by atoms with Crippen LogP contribution in [0.3, 0.4) is 0 Å². The molecule has 1 aromatic heterocycles. The molecule has 0 aliphatic heterocycles. The first-order valence-corrected chi connectivity index (χ1v) is 9.12. The van der Waals surface area contributed by atoms with Gasteiger partial charge in [-0.1, -0.05) is 62.4 Å². The lowest BCUT2D eigenvalue weighted by Gasteiger charge is -2.17. The number of rotatable bonds is 7. The average molecular weight is 334 g/mol. The molecular formula is C22H26N2O. The molecule has 130 valence electrons. The number of hydrogen-bond acceptors (Lipinski definition) is 1. The molecule has 3 nitrogen and oxygen atoms in total. The van der Waals surface area contributed by atoms with E-state index in [0.29, 0.717) is 5.69 Å². The number of primary amides is 1. The van der Waals surface area contributed by atoms with Gasteiger partial charge in [-0.3, -0.25) is 4.79 Å². The van der Waals surface area contributed by atoms with E-state index in [9.17, 15) is 4.79 Å². The molecule has 0 spiro atoms. The first-order valence-electron chi connectivity index (χ1n) is 9.12. The number of aromatic nitrogens is 1. The smallest absolute Gasteiger partial charge is 0.265 e. The van der Waals surface area contributed by atoms with Gasteiger partial charge >= 0.3 is 0 Å². The zero-order valence-electron chi connectivity index (χ0n) is 15.0. The van der Waals surface area contributed by atoms with Crippen molar-refractivity contribution in [2.75, 3.05) is 0 Å². The SMILES string of the molecule is CCCn1c(C(N)=O)c(C(CC)Cc2ccccc2)c2ccccc21. The highest BCUT2D eigenvalue weighted by Crippen LogP contribution is 2.36. The van der Waals surface area contributed by atoms with Crippen molar-refractivity contribution in [3.63, 3.8) is 0 Å². The number of aryl methyl sites for hydroxylation is 1. The molecule has 0 saturated heterocycles. The number of amides is 1. The van der Waals surface area contributed by atoms with Crippen LogP contribution >= 0.6 is 0 Å². The Morgan fingerprint density at radius 2 is 1.72 bits per heavy atom. The highest BCUT2D eigenvalue weighted by molar-refractivity contribution is 6.01. The summed E-state index contributed by atoms with van der Waals surface area (Å²) in [4.78, 5) is 12.4. The van der Waals surface area contributed by atoms with E-state index >= 15 is 0 Å². The molecule has 3 rings (SSSR count). The van der Waals surface area contributed by atoms with Crippen LogP contribution in [0.2, 0.25) is 0 Å². The summed E-state index contributed by atoms with van der Waals surface area (Å²) in [6.45, 7) is 5.12. The highest BCUT2D eigenvalue weighted by Gasteiger charge is 2.25. The number of carbonyl (C=O) groups excluding carboxylic acids is 1. The Morgan fingerprint density at radius 3 is 2.36 bits per heavy atom. The maximum Gasteiger partial charge on any atom is 0.265 e. The molecule has 1 unspecified atom stereocenters. The molecule has 3 heteroatoms. The van der Waals surface area contributed by atoms with Gasteiger partial charge in [0.2, 0.25) is 0 Å². The topological polar surface area (TPSA) is 48.0 Å². The summed E-state index contributed by atoms with van der Waals surface area (Å²) >= 11 is 0. The monoisotopic (exact) mass is 334 g/mol. The van der Waals surface area contributed by atoms with Crippen LogP contribution < -0.4 is 5.73 Å². The van der Waals surface area contributed by atoms with Crippen LogP contribution in [0.25, 0.3) is 10.9 Å². The number of para-hydroxylation sites is 1. The van der Waals surface area contributed by atoms with Gasteiger partial charge in [0.05, 0.1) is 0 Å². The number of nitrogens with zero attached hydrogens (tertiary/aromatic N) is 1. The molecule has 3 aromatic rings. The Balaban J connectivity index is 2.19. The molecule has 25 heavy (non-hydrogen) atoms. The van der Waals surface area contributed by atoms with Crippen molar-refractivity contribution in [3.8, 4) is 0 Å². The van der Waals surface area contributed by atoms with Gasteiger partial charge in [-0.05, 0) is 42.4 Å². The maximum absolute atomic E-state index is 12.4. The van der Waals surface area contributed by atoms with Gasteiger partial charge < -0.3 is 10.3 Å². The van der Waals surface area contributed by atoms with Gasteiger partial charge in [-0.2, -0.15) is 0 Å². The minimum absolute atomic E-state index is 0.271. The Hall–Kier alpha value is -2.55. The van der Waals surface area contributed by atoms with E-state index in [0.717, 1.165) is 42.3 Å². The summed E-state index contributed by atoms with van der Waals surface area (Å²) in [7, 11) is 0. The Kier molecular flexibility index (Phi) is 5.22. The number of hydrogen-bond donors (Lipinski definition) is 1. The molecule has 0 fully saturated rings. The summed E-state index contributed by atoms with van der Waals surface area (Å²) < 4.78 is 2.11. The van der Waals surface area contributed by atoms with Gasteiger partial charge in [-0.15, -0.1) is 0 Å². The molecule has 1 amide bonds. The van der Waals surface area contributed by atoms with Gasteiger partial charge in [0.1, 0.15) is 5.69 Å². The molecule has 2 N–H and O–H groups in total. The minimum Gasteiger partial charge on any atom is -0.364 e. The average Bonchev–Trinajstić information content (AvgIpc) is 2.96. The van der Waals surface area contributed by atoms with Gasteiger partial charge in [0, 0.05) is 17.4 Å². The van der Waals surface area contributed by atoms with E-state index in [1.165, 1.54) is 5.56 Å². The minimum atomic E-state index is -0.328. The van der Waals surface area contributed by atoms with Crippen molar-refractivity contribution >= 4 is 16.8 Å². The molecule has 0 radical (unpaired) electrons. The van der Waals surface area contributed by atoms with E-state index in [4.69, 9.17) is 5.73 Å². The molecule has 0 aliphatic rings. The van der Waals surface area contributed by atoms with Gasteiger partial charge in [0.15, 0.2) is 0 Å². The molecule has 0 aliphatic carbocycles. The van der Waals surface area contributed by atoms with Gasteiger partial charge in [0.25, 0.3) is 5.91 Å². The Labute approximate surface area is 149 Å². The number of fused-ring (bicyclic) bond motifs is 1. The normalized spacial score (nSPS) is 12.4. The Morgan fingerprint density at radius 1 is 1.04 bits per heavy atom. The van der Waals surface area contributed by atoms with Crippen molar-refractivity contribution in [3.05, 3.63) is 71.4 Å². The second-order valence-electron chi connectivity index (χ2n) is 6.59. The molecule has 2 aromatic carbocycles. The quantitative estimate of drug-likeness (QED) is 0.657. The van der Waals surface area contributed by atoms with Gasteiger partial charge in [-0.25, -0.2) is 0 Å². The lowest BCUT2D eigenvalue weighted by molar-refractivity contribution is 0.0990. The fourth-order valence-electron chi connectivity index (χ4n) is 3.81. The summed E-state index contributed by atoms with van der Waals surface area (Å²) in [6, 6.07) is 18.8. The van der Waals surface area contributed by atoms with E-state index in [1.807, 2.05) is 18.2 Å². The van der Waals surface area contributed by atoms with Crippen LogP contribution in [0, 0.1) is 0 Å². The predicted molar refractivity (Wildman–Crippen MR) is 104 cm³/mol. The van der Waals surface area contributed by atoms with E-state index in [-0.39, 0.29) is 11.8 Å². The van der Waals surface area contributed by atoms with Crippen LogP contribution in [0.15, 0.2) is 54.6 Å². The second kappa shape index (κ2) is 7.56. The lowest BCUT2D eigenvalue weighted by Crippen LogP contribution is -2.20. The summed E-state index contributed by atoms with van der Waals surface area (Å²) in [5.41, 5.74) is 10.0. The van der Waals surface area contributed by atoms with Crippen LogP contribution in [-0.2, 0) is 13.0 Å². The third-order valence-electron chi connectivity index (χ3n) is 4.92. The summed E-state index contributed by atoms with van der Waals surface area (Å²) in [5, 5.41) is 1.16. The highest BCUT2D eigenvalue weighted by atomic mass is 16.1. The second-order valence-corrected chi connectivity index (χ2v) is 6.59. The zero-order valence-corrected chi connectivity index (χ0v) is 15.0. The Bertz CT molecular complexity index is 864. The van der Waals surface area contributed by atoms with Crippen LogP contribution in [-0.4, -0.2) is 10.5 Å². The van der Waals surface area contributed by atoms with Crippen LogP contribution in [0.4, 0.5) is 0 Å². The van der Waals surface area contributed by atoms with Crippen LogP contribution in [0.1, 0.15) is 54.2 Å². The third kappa shape index (κ3) is 3.32. The van der Waals surface area contributed by atoms with Crippen molar-refractivity contribution in [1.82, 2.24) is 4.57 Å². The molecule has 0 saturated carbocycles. The third-order valence-corrected chi connectivity index (χ3v) is 4.92. The first kappa shape index (κ1) is 17.3. The van der Waals surface area contributed by atoms with Crippen LogP contribution in [0.5, 0.6) is 0 Å². The largest absolute Gasteiger partial charge is 0.364 e. The van der Waals surface area contributed by atoms with Crippen molar-refractivity contribution in [2.45, 2.75) is 45.6 Å².